The summed E-state index contributed by atoms with van der Waals surface area (Å²) in [7, 11) is 1.89. The second-order valence-electron chi connectivity index (χ2n) is 3.53. The van der Waals surface area contributed by atoms with Crippen LogP contribution in [0.4, 0.5) is 0 Å². The van der Waals surface area contributed by atoms with Crippen molar-refractivity contribution in [3.63, 3.8) is 0 Å². The highest BCUT2D eigenvalue weighted by Crippen LogP contribution is 2.16. The molecule has 2 N–H and O–H groups in total. The van der Waals surface area contributed by atoms with Crippen LogP contribution in [0.3, 0.4) is 0 Å². The summed E-state index contributed by atoms with van der Waals surface area (Å²) < 4.78 is 0. The number of carbonyl (C=O) groups is 1. The normalized spacial score (nSPS) is 12.5. The van der Waals surface area contributed by atoms with Crippen LogP contribution in [-0.4, -0.2) is 25.5 Å². The lowest BCUT2D eigenvalue weighted by Gasteiger charge is -2.11. The fraction of sp³-hybridized carbons (Fsp3) is 0.545. The predicted octanol–water partition coefficient (Wildman–Crippen LogP) is 1.65. The van der Waals surface area contributed by atoms with E-state index in [1.54, 1.807) is 0 Å². The van der Waals surface area contributed by atoms with Crippen molar-refractivity contribution in [1.82, 2.24) is 10.6 Å². The van der Waals surface area contributed by atoms with Crippen molar-refractivity contribution in [3.05, 3.63) is 21.9 Å². The van der Waals surface area contributed by atoms with E-state index in [2.05, 4.69) is 17.6 Å². The van der Waals surface area contributed by atoms with Crippen LogP contribution >= 0.6 is 11.3 Å². The van der Waals surface area contributed by atoms with Crippen LogP contribution in [0.1, 0.15) is 29.1 Å². The Bertz CT molecular complexity index is 322. The summed E-state index contributed by atoms with van der Waals surface area (Å²) in [6.07, 6.45) is 0.911. The Labute approximate surface area is 94.9 Å². The number of hydrogen-bond donors (Lipinski definition) is 2. The number of nitrogens with one attached hydrogen (secondary N) is 2. The molecule has 0 saturated carbocycles. The Morgan fingerprint density at radius 3 is 2.93 bits per heavy atom. The lowest BCUT2D eigenvalue weighted by atomic mass is 10.2. The third-order valence-corrected chi connectivity index (χ3v) is 3.35. The van der Waals surface area contributed by atoms with Crippen molar-refractivity contribution in [3.8, 4) is 0 Å². The van der Waals surface area contributed by atoms with E-state index in [0.717, 1.165) is 16.9 Å². The summed E-state index contributed by atoms with van der Waals surface area (Å²) in [6, 6.07) is 2.32. The molecule has 1 atom stereocenters. The number of aryl methyl sites for hydroxylation is 1. The van der Waals surface area contributed by atoms with Crippen LogP contribution in [0.15, 0.2) is 11.4 Å². The molecule has 4 heteroatoms. The molecule has 0 aliphatic heterocycles. The molecular weight excluding hydrogens is 208 g/mol. The summed E-state index contributed by atoms with van der Waals surface area (Å²) in [5, 5.41) is 7.97. The zero-order valence-electron chi connectivity index (χ0n) is 9.46. The summed E-state index contributed by atoms with van der Waals surface area (Å²) in [4.78, 5) is 12.6. The summed E-state index contributed by atoms with van der Waals surface area (Å²) in [6.45, 7) is 4.76. The maximum atomic E-state index is 11.8. The average Bonchev–Trinajstić information content (AvgIpc) is 2.73. The third kappa shape index (κ3) is 3.32. The smallest absolute Gasteiger partial charge is 0.261 e. The van der Waals surface area contributed by atoms with Crippen LogP contribution in [0.25, 0.3) is 0 Å². The maximum absolute atomic E-state index is 11.8. The van der Waals surface area contributed by atoms with E-state index < -0.39 is 0 Å². The first-order valence-corrected chi connectivity index (χ1v) is 6.08. The minimum Gasteiger partial charge on any atom is -0.350 e. The van der Waals surface area contributed by atoms with Gasteiger partial charge in [0.2, 0.25) is 0 Å². The van der Waals surface area contributed by atoms with Gasteiger partial charge in [0.05, 0.1) is 4.88 Å². The molecule has 0 radical (unpaired) electrons. The van der Waals surface area contributed by atoms with Gasteiger partial charge in [-0.05, 0) is 37.4 Å². The third-order valence-electron chi connectivity index (χ3n) is 2.40. The molecule has 0 aliphatic rings. The summed E-state index contributed by atoms with van der Waals surface area (Å²) in [5.74, 6) is 0.0453. The van der Waals surface area contributed by atoms with Crippen molar-refractivity contribution < 1.29 is 4.79 Å². The molecule has 15 heavy (non-hydrogen) atoms. The molecule has 1 rings (SSSR count). The van der Waals surface area contributed by atoms with Crippen LogP contribution < -0.4 is 10.6 Å². The van der Waals surface area contributed by atoms with Crippen molar-refractivity contribution in [2.24, 2.45) is 0 Å². The number of rotatable bonds is 5. The van der Waals surface area contributed by atoms with Gasteiger partial charge in [0.1, 0.15) is 0 Å². The monoisotopic (exact) mass is 226 g/mol. The number of amides is 1. The molecule has 1 unspecified atom stereocenters. The second-order valence-corrected chi connectivity index (χ2v) is 4.44. The SMILES string of the molecule is CCc1ccsc1C(=O)NCC(C)NC. The highest BCUT2D eigenvalue weighted by Gasteiger charge is 2.11. The molecular formula is C11H18N2OS. The first kappa shape index (κ1) is 12.2. The Balaban J connectivity index is 2.54. The van der Waals surface area contributed by atoms with Crippen molar-refractivity contribution in [2.75, 3.05) is 13.6 Å². The maximum Gasteiger partial charge on any atom is 0.261 e. The van der Waals surface area contributed by atoms with E-state index >= 15 is 0 Å². The number of thiophene rings is 1. The van der Waals surface area contributed by atoms with Gasteiger partial charge in [-0.15, -0.1) is 11.3 Å². The van der Waals surface area contributed by atoms with Gasteiger partial charge in [-0.3, -0.25) is 4.79 Å². The Morgan fingerprint density at radius 1 is 1.60 bits per heavy atom. The molecule has 0 bridgehead atoms. The van der Waals surface area contributed by atoms with Gasteiger partial charge in [-0.1, -0.05) is 6.92 Å². The second kappa shape index (κ2) is 5.88. The number of carbonyl (C=O) groups excluding carboxylic acids is 1. The highest BCUT2D eigenvalue weighted by molar-refractivity contribution is 7.12. The van der Waals surface area contributed by atoms with Crippen molar-refractivity contribution in [1.29, 1.82) is 0 Å². The van der Waals surface area contributed by atoms with E-state index in [9.17, 15) is 4.79 Å². The Kier molecular flexibility index (Phi) is 4.78. The molecule has 0 fully saturated rings. The van der Waals surface area contributed by atoms with Crippen molar-refractivity contribution in [2.45, 2.75) is 26.3 Å². The van der Waals surface area contributed by atoms with E-state index in [1.165, 1.54) is 11.3 Å². The first-order valence-electron chi connectivity index (χ1n) is 5.20. The van der Waals surface area contributed by atoms with Gasteiger partial charge in [-0.2, -0.15) is 0 Å². The summed E-state index contributed by atoms with van der Waals surface area (Å²) >= 11 is 1.51. The van der Waals surface area contributed by atoms with Gasteiger partial charge in [0.15, 0.2) is 0 Å². The molecule has 1 aromatic heterocycles. The van der Waals surface area contributed by atoms with Crippen LogP contribution in [0.5, 0.6) is 0 Å². The Morgan fingerprint density at radius 2 is 2.33 bits per heavy atom. The summed E-state index contributed by atoms with van der Waals surface area (Å²) in [5.41, 5.74) is 1.13. The van der Waals surface area contributed by atoms with Crippen molar-refractivity contribution >= 4 is 17.2 Å². The fourth-order valence-electron chi connectivity index (χ4n) is 1.24. The Hall–Kier alpha value is -0.870. The first-order chi connectivity index (χ1) is 7.19. The largest absolute Gasteiger partial charge is 0.350 e. The van der Waals surface area contributed by atoms with Gasteiger partial charge < -0.3 is 10.6 Å². The standard InChI is InChI=1S/C11H18N2OS/c1-4-9-5-6-15-10(9)11(14)13-7-8(2)12-3/h5-6,8,12H,4,7H2,1-3H3,(H,13,14). The minimum absolute atomic E-state index is 0.0453. The predicted molar refractivity (Wildman–Crippen MR) is 64.6 cm³/mol. The highest BCUT2D eigenvalue weighted by atomic mass is 32.1. The zero-order chi connectivity index (χ0) is 11.3. The van der Waals surface area contributed by atoms with E-state index in [4.69, 9.17) is 0 Å². The molecule has 84 valence electrons. The van der Waals surface area contributed by atoms with E-state index in [1.807, 2.05) is 25.4 Å². The minimum atomic E-state index is 0.0453. The van der Waals surface area contributed by atoms with Gasteiger partial charge >= 0.3 is 0 Å². The molecule has 1 amide bonds. The topological polar surface area (TPSA) is 41.1 Å². The molecule has 1 heterocycles. The molecule has 0 aromatic carbocycles. The van der Waals surface area contributed by atoms with Crippen LogP contribution in [0.2, 0.25) is 0 Å². The van der Waals surface area contributed by atoms with Crippen LogP contribution in [-0.2, 0) is 6.42 Å². The van der Waals surface area contributed by atoms with Gasteiger partial charge in [0, 0.05) is 12.6 Å². The number of hydrogen-bond acceptors (Lipinski definition) is 3. The molecule has 1 aromatic rings. The van der Waals surface area contributed by atoms with Crippen LogP contribution in [0, 0.1) is 0 Å². The zero-order valence-corrected chi connectivity index (χ0v) is 10.3. The molecule has 0 aliphatic carbocycles. The van der Waals surface area contributed by atoms with E-state index in [0.29, 0.717) is 12.6 Å². The average molecular weight is 226 g/mol. The van der Waals surface area contributed by atoms with Gasteiger partial charge in [0.25, 0.3) is 5.91 Å². The van der Waals surface area contributed by atoms with Gasteiger partial charge in [-0.25, -0.2) is 0 Å². The molecule has 0 spiro atoms. The number of likely N-dealkylation sites (N-methyl/N-ethyl adjacent to an activating group) is 1. The van der Waals surface area contributed by atoms with E-state index in [-0.39, 0.29) is 5.91 Å². The lowest BCUT2D eigenvalue weighted by Crippen LogP contribution is -2.37. The fourth-order valence-corrected chi connectivity index (χ4v) is 2.15. The quantitative estimate of drug-likeness (QED) is 0.801. The molecule has 3 nitrogen and oxygen atoms in total. The molecule has 0 saturated heterocycles. The lowest BCUT2D eigenvalue weighted by molar-refractivity contribution is 0.0954.